The quantitative estimate of drug-likeness (QED) is 0.626. The summed E-state index contributed by atoms with van der Waals surface area (Å²) in [6, 6.07) is 8.44. The molecule has 0 aliphatic carbocycles. The molecular formula is C17H20N2O2. The van der Waals surface area contributed by atoms with Gasteiger partial charge in [0, 0.05) is 24.9 Å². The Morgan fingerprint density at radius 1 is 1.29 bits per heavy atom. The van der Waals surface area contributed by atoms with E-state index in [1.807, 2.05) is 26.4 Å². The van der Waals surface area contributed by atoms with Crippen molar-refractivity contribution < 1.29 is 9.53 Å². The van der Waals surface area contributed by atoms with Gasteiger partial charge < -0.3 is 4.74 Å². The minimum Gasteiger partial charge on any atom is -0.466 e. The van der Waals surface area contributed by atoms with Crippen LogP contribution in [0, 0.1) is 0 Å². The summed E-state index contributed by atoms with van der Waals surface area (Å²) in [5.41, 5.74) is 4.55. The van der Waals surface area contributed by atoms with Crippen molar-refractivity contribution in [1.82, 2.24) is 9.78 Å². The molecule has 0 amide bonds. The van der Waals surface area contributed by atoms with Crippen molar-refractivity contribution in [3.05, 3.63) is 53.9 Å². The minimum absolute atomic E-state index is 0.292. The molecule has 1 heterocycles. The Labute approximate surface area is 125 Å². The van der Waals surface area contributed by atoms with E-state index >= 15 is 0 Å². The van der Waals surface area contributed by atoms with Gasteiger partial charge in [0.2, 0.25) is 0 Å². The van der Waals surface area contributed by atoms with Crippen molar-refractivity contribution >= 4 is 5.97 Å². The summed E-state index contributed by atoms with van der Waals surface area (Å²) in [6.45, 7) is 1.95. The monoisotopic (exact) mass is 284 g/mol. The van der Waals surface area contributed by atoms with Crippen LogP contribution in [0.3, 0.4) is 0 Å². The van der Waals surface area contributed by atoms with E-state index in [-0.39, 0.29) is 5.97 Å². The lowest BCUT2D eigenvalue weighted by molar-refractivity contribution is -0.134. The molecule has 0 unspecified atom stereocenters. The molecule has 0 N–H and O–H groups in total. The van der Waals surface area contributed by atoms with Gasteiger partial charge in [0.1, 0.15) is 0 Å². The summed E-state index contributed by atoms with van der Waals surface area (Å²) in [7, 11) is 3.30. The zero-order valence-corrected chi connectivity index (χ0v) is 12.7. The summed E-state index contributed by atoms with van der Waals surface area (Å²) in [5.74, 6) is -0.292. The molecule has 21 heavy (non-hydrogen) atoms. The van der Waals surface area contributed by atoms with Gasteiger partial charge >= 0.3 is 5.97 Å². The zero-order chi connectivity index (χ0) is 15.2. The van der Waals surface area contributed by atoms with Gasteiger partial charge in [0.25, 0.3) is 0 Å². The van der Waals surface area contributed by atoms with Crippen molar-refractivity contribution in [2.45, 2.75) is 19.8 Å². The summed E-state index contributed by atoms with van der Waals surface area (Å²) < 4.78 is 6.41. The third-order valence-corrected chi connectivity index (χ3v) is 3.37. The number of benzene rings is 1. The summed E-state index contributed by atoms with van der Waals surface area (Å²) >= 11 is 0. The van der Waals surface area contributed by atoms with Gasteiger partial charge in [-0.05, 0) is 30.9 Å². The number of allylic oxidation sites excluding steroid dienone is 1. The van der Waals surface area contributed by atoms with Gasteiger partial charge in [0.15, 0.2) is 0 Å². The van der Waals surface area contributed by atoms with Gasteiger partial charge in [-0.3, -0.25) is 4.68 Å². The Morgan fingerprint density at radius 3 is 2.57 bits per heavy atom. The second-order valence-electron chi connectivity index (χ2n) is 5.11. The topological polar surface area (TPSA) is 44.1 Å². The van der Waals surface area contributed by atoms with Gasteiger partial charge in [-0.2, -0.15) is 5.10 Å². The predicted octanol–water partition coefficient (Wildman–Crippen LogP) is 3.14. The maximum Gasteiger partial charge on any atom is 0.330 e. The fourth-order valence-electron chi connectivity index (χ4n) is 2.11. The summed E-state index contributed by atoms with van der Waals surface area (Å²) in [4.78, 5) is 11.1. The van der Waals surface area contributed by atoms with Crippen LogP contribution in [-0.4, -0.2) is 22.9 Å². The van der Waals surface area contributed by atoms with E-state index in [2.05, 4.69) is 34.1 Å². The number of carbonyl (C=O) groups is 1. The van der Waals surface area contributed by atoms with Crippen LogP contribution in [0.25, 0.3) is 11.1 Å². The first-order valence-corrected chi connectivity index (χ1v) is 6.91. The van der Waals surface area contributed by atoms with Gasteiger partial charge in [-0.25, -0.2) is 4.79 Å². The maximum absolute atomic E-state index is 11.1. The van der Waals surface area contributed by atoms with Crippen LogP contribution in [0.5, 0.6) is 0 Å². The third kappa shape index (κ3) is 4.31. The number of rotatable bonds is 5. The molecule has 0 saturated carbocycles. The lowest BCUT2D eigenvalue weighted by Gasteiger charge is -2.04. The standard InChI is InChI=1S/C17H20N2O2/c1-13(10-17(20)21-3)4-5-14-6-8-15(9-7-14)16-11-18-19(2)12-16/h6-12H,4-5H2,1-3H3/b13-10+. The number of hydrogen-bond donors (Lipinski definition) is 0. The first kappa shape index (κ1) is 15.0. The molecule has 0 fully saturated rings. The molecule has 0 bridgehead atoms. The smallest absolute Gasteiger partial charge is 0.330 e. The third-order valence-electron chi connectivity index (χ3n) is 3.37. The van der Waals surface area contributed by atoms with Crippen LogP contribution in [0.4, 0.5) is 0 Å². The normalized spacial score (nSPS) is 11.5. The van der Waals surface area contributed by atoms with Crippen molar-refractivity contribution in [2.75, 3.05) is 7.11 Å². The van der Waals surface area contributed by atoms with Gasteiger partial charge in [-0.1, -0.05) is 29.8 Å². The molecule has 0 saturated heterocycles. The highest BCUT2D eigenvalue weighted by Gasteiger charge is 2.02. The van der Waals surface area contributed by atoms with E-state index in [1.165, 1.54) is 12.7 Å². The van der Waals surface area contributed by atoms with Crippen LogP contribution in [-0.2, 0) is 23.0 Å². The van der Waals surface area contributed by atoms with E-state index in [1.54, 1.807) is 10.8 Å². The number of aromatic nitrogens is 2. The van der Waals surface area contributed by atoms with Crippen LogP contribution in [0.15, 0.2) is 48.3 Å². The van der Waals surface area contributed by atoms with Crippen LogP contribution < -0.4 is 0 Å². The first-order valence-electron chi connectivity index (χ1n) is 6.91. The SMILES string of the molecule is COC(=O)/C=C(\C)CCc1ccc(-c2cnn(C)c2)cc1. The number of ether oxygens (including phenoxy) is 1. The molecule has 2 aromatic rings. The largest absolute Gasteiger partial charge is 0.466 e. The van der Waals surface area contributed by atoms with Crippen molar-refractivity contribution in [3.8, 4) is 11.1 Å². The molecule has 1 aromatic carbocycles. The minimum atomic E-state index is -0.292. The second-order valence-corrected chi connectivity index (χ2v) is 5.11. The number of carbonyl (C=O) groups excluding carboxylic acids is 1. The molecule has 4 heteroatoms. The van der Waals surface area contributed by atoms with E-state index in [0.717, 1.165) is 29.5 Å². The first-order chi connectivity index (χ1) is 10.1. The van der Waals surface area contributed by atoms with Gasteiger partial charge in [0.05, 0.1) is 13.3 Å². The molecule has 4 nitrogen and oxygen atoms in total. The maximum atomic E-state index is 11.1. The van der Waals surface area contributed by atoms with E-state index < -0.39 is 0 Å². The molecule has 110 valence electrons. The Bertz CT molecular complexity index is 639. The van der Waals surface area contributed by atoms with Crippen LogP contribution in [0.1, 0.15) is 18.9 Å². The number of methoxy groups -OCH3 is 1. The Kier molecular flexibility index (Phi) is 4.93. The van der Waals surface area contributed by atoms with Crippen molar-refractivity contribution in [1.29, 1.82) is 0 Å². The highest BCUT2D eigenvalue weighted by molar-refractivity contribution is 5.82. The van der Waals surface area contributed by atoms with Crippen molar-refractivity contribution in [2.24, 2.45) is 7.05 Å². The number of aryl methyl sites for hydroxylation is 2. The number of esters is 1. The molecule has 2 rings (SSSR count). The fraction of sp³-hybridized carbons (Fsp3) is 0.294. The highest BCUT2D eigenvalue weighted by atomic mass is 16.5. The summed E-state index contributed by atoms with van der Waals surface area (Å²) in [5, 5.41) is 4.18. The summed E-state index contributed by atoms with van der Waals surface area (Å²) in [6.07, 6.45) is 7.16. The fourth-order valence-corrected chi connectivity index (χ4v) is 2.11. The lowest BCUT2D eigenvalue weighted by Crippen LogP contribution is -1.96. The molecule has 0 atom stereocenters. The zero-order valence-electron chi connectivity index (χ0n) is 12.7. The lowest BCUT2D eigenvalue weighted by atomic mass is 10.0. The number of hydrogen-bond acceptors (Lipinski definition) is 3. The number of nitrogens with zero attached hydrogens (tertiary/aromatic N) is 2. The molecular weight excluding hydrogens is 264 g/mol. The average molecular weight is 284 g/mol. The Hall–Kier alpha value is -2.36. The van der Waals surface area contributed by atoms with Crippen LogP contribution in [0.2, 0.25) is 0 Å². The van der Waals surface area contributed by atoms with Gasteiger partial charge in [-0.15, -0.1) is 0 Å². The van der Waals surface area contributed by atoms with Crippen LogP contribution >= 0.6 is 0 Å². The Morgan fingerprint density at radius 2 is 2.00 bits per heavy atom. The molecule has 0 spiro atoms. The Balaban J connectivity index is 1.97. The molecule has 0 radical (unpaired) electrons. The van der Waals surface area contributed by atoms with E-state index in [9.17, 15) is 4.79 Å². The molecule has 1 aromatic heterocycles. The van der Waals surface area contributed by atoms with E-state index in [4.69, 9.17) is 0 Å². The average Bonchev–Trinajstić information content (AvgIpc) is 2.92. The second kappa shape index (κ2) is 6.88. The van der Waals surface area contributed by atoms with E-state index in [0.29, 0.717) is 0 Å². The van der Waals surface area contributed by atoms with Crippen molar-refractivity contribution in [3.63, 3.8) is 0 Å². The molecule has 0 aliphatic rings. The highest BCUT2D eigenvalue weighted by Crippen LogP contribution is 2.19. The molecule has 0 aliphatic heterocycles. The predicted molar refractivity (Wildman–Crippen MR) is 82.7 cm³/mol.